The predicted octanol–water partition coefficient (Wildman–Crippen LogP) is 3.31. The Labute approximate surface area is 151 Å². The molecule has 4 nitrogen and oxygen atoms in total. The van der Waals surface area contributed by atoms with Crippen molar-refractivity contribution in [1.82, 2.24) is 5.32 Å². The summed E-state index contributed by atoms with van der Waals surface area (Å²) in [4.78, 5) is 14.3. The summed E-state index contributed by atoms with van der Waals surface area (Å²) < 4.78 is 12.4. The van der Waals surface area contributed by atoms with Gasteiger partial charge in [0.05, 0.1) is 0 Å². The lowest BCUT2D eigenvalue weighted by Crippen LogP contribution is -2.44. The van der Waals surface area contributed by atoms with Gasteiger partial charge in [-0.2, -0.15) is 0 Å². The van der Waals surface area contributed by atoms with Gasteiger partial charge in [0.1, 0.15) is 0 Å². The number of thioether (sulfide) groups is 1. The summed E-state index contributed by atoms with van der Waals surface area (Å²) in [6, 6.07) is 17.7. The van der Waals surface area contributed by atoms with Gasteiger partial charge in [0.25, 0.3) is 0 Å². The van der Waals surface area contributed by atoms with Gasteiger partial charge in [-0.25, -0.2) is 4.79 Å². The molecule has 1 N–H and O–H groups in total. The van der Waals surface area contributed by atoms with Crippen molar-refractivity contribution in [1.29, 1.82) is 0 Å². The fourth-order valence-electron chi connectivity index (χ4n) is 3.61. The van der Waals surface area contributed by atoms with E-state index in [0.29, 0.717) is 12.8 Å². The van der Waals surface area contributed by atoms with E-state index >= 15 is 0 Å². The summed E-state index contributed by atoms with van der Waals surface area (Å²) in [6.07, 6.45) is 3.36. The maximum absolute atomic E-state index is 13.2. The average Bonchev–Trinajstić information content (AvgIpc) is 2.95. The van der Waals surface area contributed by atoms with Crippen LogP contribution in [0, 0.1) is 0 Å². The molecule has 0 amide bonds. The Balaban J connectivity index is 1.83. The summed E-state index contributed by atoms with van der Waals surface area (Å²) >= 11 is 1.67. The average molecular weight is 355 g/mol. The molecule has 2 aromatic carbocycles. The van der Waals surface area contributed by atoms with Gasteiger partial charge < -0.3 is 14.8 Å². The van der Waals surface area contributed by atoms with Crippen LogP contribution in [-0.2, 0) is 19.9 Å². The van der Waals surface area contributed by atoms with Gasteiger partial charge in [0.15, 0.2) is 0 Å². The lowest BCUT2D eigenvalue weighted by atomic mass is 9.86. The summed E-state index contributed by atoms with van der Waals surface area (Å²) in [5, 5.41) is 3.30. The lowest BCUT2D eigenvalue weighted by molar-refractivity contribution is -0.198. The van der Waals surface area contributed by atoms with Gasteiger partial charge in [-0.15, -0.1) is 11.8 Å². The minimum absolute atomic E-state index is 0.322. The third-order valence-electron chi connectivity index (χ3n) is 4.95. The van der Waals surface area contributed by atoms with Crippen LogP contribution in [0.15, 0.2) is 59.5 Å². The van der Waals surface area contributed by atoms with Crippen molar-refractivity contribution in [3.05, 3.63) is 65.7 Å². The third kappa shape index (κ3) is 2.76. The predicted molar refractivity (Wildman–Crippen MR) is 97.5 cm³/mol. The Kier molecular flexibility index (Phi) is 4.31. The van der Waals surface area contributed by atoms with Gasteiger partial charge in [0, 0.05) is 30.8 Å². The first-order valence-electron chi connectivity index (χ1n) is 8.53. The molecular formula is C20H21NO3S. The maximum Gasteiger partial charge on any atom is 0.350 e. The molecule has 5 heteroatoms. The molecule has 2 aromatic rings. The topological polar surface area (TPSA) is 47.6 Å². The van der Waals surface area contributed by atoms with E-state index < -0.39 is 11.4 Å². The van der Waals surface area contributed by atoms with Crippen molar-refractivity contribution in [2.75, 3.05) is 19.3 Å². The molecule has 1 unspecified atom stereocenters. The van der Waals surface area contributed by atoms with Crippen LogP contribution in [0.25, 0.3) is 0 Å². The smallest absolute Gasteiger partial charge is 0.350 e. The van der Waals surface area contributed by atoms with E-state index in [1.165, 1.54) is 0 Å². The number of piperidine rings is 1. The quantitative estimate of drug-likeness (QED) is 0.676. The van der Waals surface area contributed by atoms with Gasteiger partial charge in [-0.1, -0.05) is 42.5 Å². The Morgan fingerprint density at radius 3 is 2.24 bits per heavy atom. The molecule has 0 aromatic heterocycles. The summed E-state index contributed by atoms with van der Waals surface area (Å²) in [5.74, 6) is -1.16. The van der Waals surface area contributed by atoms with Crippen LogP contribution in [0.2, 0.25) is 0 Å². The monoisotopic (exact) mass is 355 g/mol. The molecule has 0 bridgehead atoms. The van der Waals surface area contributed by atoms with Crippen LogP contribution in [0.3, 0.4) is 0 Å². The first-order valence-corrected chi connectivity index (χ1v) is 9.75. The molecule has 2 aliphatic rings. The van der Waals surface area contributed by atoms with E-state index in [4.69, 9.17) is 9.47 Å². The van der Waals surface area contributed by atoms with E-state index in [0.717, 1.165) is 29.1 Å². The maximum atomic E-state index is 13.2. The zero-order chi connectivity index (χ0) is 17.3. The molecule has 2 saturated heterocycles. The highest BCUT2D eigenvalue weighted by Crippen LogP contribution is 2.48. The Hall–Kier alpha value is -1.82. The summed E-state index contributed by atoms with van der Waals surface area (Å²) in [7, 11) is 0. The summed E-state index contributed by atoms with van der Waals surface area (Å²) in [5.41, 5.74) is 0.430. The molecule has 130 valence electrons. The van der Waals surface area contributed by atoms with Gasteiger partial charge in [-0.3, -0.25) is 0 Å². The molecule has 0 saturated carbocycles. The van der Waals surface area contributed by atoms with E-state index in [-0.39, 0.29) is 5.97 Å². The highest BCUT2D eigenvalue weighted by atomic mass is 32.2. The molecular weight excluding hydrogens is 334 g/mol. The molecule has 0 aliphatic carbocycles. The molecule has 4 rings (SSSR count). The van der Waals surface area contributed by atoms with Crippen molar-refractivity contribution >= 4 is 17.7 Å². The zero-order valence-electron chi connectivity index (χ0n) is 14.2. The third-order valence-corrected chi connectivity index (χ3v) is 5.69. The number of rotatable bonds is 3. The number of carbonyl (C=O) groups is 1. The Bertz CT molecular complexity index is 756. The second kappa shape index (κ2) is 6.48. The van der Waals surface area contributed by atoms with Crippen molar-refractivity contribution in [3.8, 4) is 0 Å². The molecule has 1 atom stereocenters. The van der Waals surface area contributed by atoms with Gasteiger partial charge in [-0.05, 0) is 29.5 Å². The van der Waals surface area contributed by atoms with Crippen LogP contribution < -0.4 is 5.32 Å². The standard InChI is InChI=1S/C20H21NO3S/c1-25-17-9-7-16(8-10-17)20(15-5-3-2-4-6-15)18(22)23-19(24-20)11-13-21-14-12-19/h2-10,21H,11-14H2,1H3. The SMILES string of the molecule is CSc1ccc(C2(c3ccccc3)OC3(CCNCC3)OC2=O)cc1. The fraction of sp³-hybridized carbons (Fsp3) is 0.350. The molecule has 2 heterocycles. The molecule has 25 heavy (non-hydrogen) atoms. The minimum Gasteiger partial charge on any atom is -0.430 e. The lowest BCUT2D eigenvalue weighted by Gasteiger charge is -2.33. The van der Waals surface area contributed by atoms with Crippen LogP contribution in [0.4, 0.5) is 0 Å². The second-order valence-electron chi connectivity index (χ2n) is 6.43. The Morgan fingerprint density at radius 2 is 1.60 bits per heavy atom. The van der Waals surface area contributed by atoms with Crippen molar-refractivity contribution < 1.29 is 14.3 Å². The minimum atomic E-state index is -1.20. The van der Waals surface area contributed by atoms with Crippen LogP contribution in [-0.4, -0.2) is 31.1 Å². The number of carbonyl (C=O) groups excluding carboxylic acids is 1. The number of hydrogen-bond acceptors (Lipinski definition) is 5. The van der Waals surface area contributed by atoms with Gasteiger partial charge in [0.2, 0.25) is 11.4 Å². The van der Waals surface area contributed by atoms with E-state index in [2.05, 4.69) is 5.32 Å². The highest BCUT2D eigenvalue weighted by Gasteiger charge is 2.60. The van der Waals surface area contributed by atoms with Crippen molar-refractivity contribution in [3.63, 3.8) is 0 Å². The molecule has 2 fully saturated rings. The highest BCUT2D eigenvalue weighted by molar-refractivity contribution is 7.98. The van der Waals surface area contributed by atoms with Crippen molar-refractivity contribution in [2.45, 2.75) is 29.1 Å². The van der Waals surface area contributed by atoms with E-state index in [1.807, 2.05) is 60.9 Å². The number of ether oxygens (including phenoxy) is 2. The molecule has 2 aliphatic heterocycles. The van der Waals surface area contributed by atoms with E-state index in [1.54, 1.807) is 11.8 Å². The largest absolute Gasteiger partial charge is 0.430 e. The normalized spacial score (nSPS) is 25.1. The number of esters is 1. The molecule has 0 radical (unpaired) electrons. The number of hydrogen-bond donors (Lipinski definition) is 1. The van der Waals surface area contributed by atoms with Gasteiger partial charge >= 0.3 is 5.97 Å². The first-order chi connectivity index (χ1) is 12.2. The van der Waals surface area contributed by atoms with Crippen molar-refractivity contribution in [2.24, 2.45) is 0 Å². The Morgan fingerprint density at radius 1 is 0.960 bits per heavy atom. The number of benzene rings is 2. The number of nitrogens with one attached hydrogen (secondary N) is 1. The van der Waals surface area contributed by atoms with Crippen LogP contribution in [0.1, 0.15) is 24.0 Å². The first kappa shape index (κ1) is 16.6. The van der Waals surface area contributed by atoms with Crippen LogP contribution >= 0.6 is 11.8 Å². The second-order valence-corrected chi connectivity index (χ2v) is 7.31. The summed E-state index contributed by atoms with van der Waals surface area (Å²) in [6.45, 7) is 1.56. The molecule has 1 spiro atoms. The van der Waals surface area contributed by atoms with Crippen LogP contribution in [0.5, 0.6) is 0 Å². The zero-order valence-corrected chi connectivity index (χ0v) is 15.0. The fourth-order valence-corrected chi connectivity index (χ4v) is 4.02. The van der Waals surface area contributed by atoms with E-state index in [9.17, 15) is 4.79 Å².